The first-order chi connectivity index (χ1) is 15.9. The molecule has 10 heteroatoms. The van der Waals surface area contributed by atoms with Gasteiger partial charge >= 0.3 is 0 Å². The molecule has 6 nitrogen and oxygen atoms in total. The van der Waals surface area contributed by atoms with Gasteiger partial charge in [-0.3, -0.25) is 9.00 Å². The van der Waals surface area contributed by atoms with E-state index in [0.29, 0.717) is 31.7 Å². The molecule has 1 unspecified atom stereocenters. The van der Waals surface area contributed by atoms with Crippen LogP contribution in [0.5, 0.6) is 0 Å². The van der Waals surface area contributed by atoms with Gasteiger partial charge in [0.2, 0.25) is 5.91 Å². The summed E-state index contributed by atoms with van der Waals surface area (Å²) >= 11 is 12.0. The highest BCUT2D eigenvalue weighted by Crippen LogP contribution is 2.45. The highest BCUT2D eigenvalue weighted by Gasteiger charge is 2.51. The Hall–Kier alpha value is -2.13. The molecule has 2 atom stereocenters. The Labute approximate surface area is 207 Å². The lowest BCUT2D eigenvalue weighted by atomic mass is 9.83. The summed E-state index contributed by atoms with van der Waals surface area (Å²) in [6, 6.07) is 9.02. The number of hydrogen-bond acceptors (Lipinski definition) is 5. The number of ether oxygens (including phenoxy) is 1. The van der Waals surface area contributed by atoms with Gasteiger partial charge in [0.25, 0.3) is 0 Å². The molecule has 2 aromatic carbocycles. The Morgan fingerprint density at radius 3 is 2.59 bits per heavy atom. The largest absolute Gasteiger partial charge is 0.384 e. The molecule has 3 aliphatic heterocycles. The van der Waals surface area contributed by atoms with Gasteiger partial charge in [-0.05, 0) is 57.2 Å². The molecular formula is C24H23Cl2FN2O4S. The molecule has 0 aliphatic carbocycles. The second-order valence-corrected chi connectivity index (χ2v) is 13.0. The first kappa shape index (κ1) is 23.6. The summed E-state index contributed by atoms with van der Waals surface area (Å²) in [6.07, 6.45) is 1.95. The Balaban J connectivity index is 1.32. The summed E-state index contributed by atoms with van der Waals surface area (Å²) in [6.45, 7) is 3.15. The average Bonchev–Trinajstić information content (AvgIpc) is 3.31. The van der Waals surface area contributed by atoms with E-state index < -0.39 is 26.5 Å². The fraction of sp³-hybridized carbons (Fsp3) is 0.375. The summed E-state index contributed by atoms with van der Waals surface area (Å²) in [5.74, 6) is 2.68. The lowest BCUT2D eigenvalue weighted by Crippen LogP contribution is -2.62. The summed E-state index contributed by atoms with van der Waals surface area (Å²) in [5.41, 5.74) is 3.02. The van der Waals surface area contributed by atoms with Crippen molar-refractivity contribution in [3.05, 3.63) is 68.4 Å². The van der Waals surface area contributed by atoms with Crippen LogP contribution in [-0.2, 0) is 41.7 Å². The zero-order valence-electron chi connectivity index (χ0n) is 18.7. The lowest BCUT2D eigenvalue weighted by Gasteiger charge is -2.47. The number of amides is 1. The summed E-state index contributed by atoms with van der Waals surface area (Å²) < 4.78 is 31.8. The van der Waals surface area contributed by atoms with E-state index in [1.165, 1.54) is 18.4 Å². The van der Waals surface area contributed by atoms with Gasteiger partial charge in [-0.15, -0.1) is 0 Å². The molecule has 0 saturated carbocycles. The van der Waals surface area contributed by atoms with Crippen molar-refractivity contribution in [3.63, 3.8) is 0 Å². The number of carbonyl (C=O) groups excluding carboxylic acids is 1. The topological polar surface area (TPSA) is 68.2 Å². The maximum atomic E-state index is 13.8. The van der Waals surface area contributed by atoms with E-state index >= 15 is 0 Å². The second-order valence-electron chi connectivity index (χ2n) is 9.52. The average molecular weight is 525 g/mol. The van der Waals surface area contributed by atoms with Crippen molar-refractivity contribution >= 4 is 50.2 Å². The zero-order chi connectivity index (χ0) is 24.5. The Morgan fingerprint density at radius 1 is 1.26 bits per heavy atom. The molecule has 1 saturated heterocycles. The third-order valence-corrected chi connectivity index (χ3v) is 7.97. The van der Waals surface area contributed by atoms with E-state index in [4.69, 9.17) is 32.8 Å². The molecule has 2 aromatic rings. The smallest absolute Gasteiger partial charge is 0.234 e. The third kappa shape index (κ3) is 4.00. The van der Waals surface area contributed by atoms with E-state index in [9.17, 15) is 13.4 Å². The van der Waals surface area contributed by atoms with Crippen LogP contribution in [0.15, 0.2) is 35.5 Å². The number of rotatable bonds is 4. The molecule has 5 rings (SSSR count). The molecule has 1 amide bonds. The van der Waals surface area contributed by atoms with Crippen molar-refractivity contribution in [2.75, 3.05) is 25.1 Å². The first-order valence-electron chi connectivity index (χ1n) is 10.6. The quantitative estimate of drug-likeness (QED) is 0.446. The normalized spacial score (nSPS) is 24.3. The molecule has 1 spiro atoms. The van der Waals surface area contributed by atoms with Crippen molar-refractivity contribution in [3.8, 4) is 0 Å². The van der Waals surface area contributed by atoms with E-state index in [-0.39, 0.29) is 21.7 Å². The predicted molar refractivity (Wildman–Crippen MR) is 132 cm³/mol. The summed E-state index contributed by atoms with van der Waals surface area (Å²) in [7, 11) is -2.38. The van der Waals surface area contributed by atoms with E-state index in [0.717, 1.165) is 22.4 Å². The van der Waals surface area contributed by atoms with Crippen LogP contribution in [0.4, 0.5) is 4.39 Å². The first-order valence-corrected chi connectivity index (χ1v) is 13.7. The number of benzene rings is 2. The Morgan fingerprint density at radius 2 is 1.94 bits per heavy atom. The molecule has 0 radical (unpaired) electrons. The molecule has 0 N–H and O–H groups in total. The van der Waals surface area contributed by atoms with Gasteiger partial charge in [-0.25, -0.2) is 4.39 Å². The number of hydrogen-bond donors (Lipinski definition) is 0. The van der Waals surface area contributed by atoms with Gasteiger partial charge in [0, 0.05) is 18.2 Å². The minimum absolute atomic E-state index is 0.0576. The molecule has 180 valence electrons. The van der Waals surface area contributed by atoms with Crippen molar-refractivity contribution in [1.29, 1.82) is 0 Å². The molecule has 3 heterocycles. The standard InChI is InChI=1S/C24H23Cl2FN2O4S/c1-23(16-7-18(25)22(27)19(26)8-16)9-20(28-33-23)14-4-5-17-15(6-14)10-32-24(17)12-29(13-24)21(30)11-34(2,3)31/h4-8H,2,9-13H2,1,3H3/t23-,34?/m0/s1. The van der Waals surface area contributed by atoms with Gasteiger partial charge in [0.15, 0.2) is 11.4 Å². The van der Waals surface area contributed by atoms with Gasteiger partial charge in [0.1, 0.15) is 5.60 Å². The van der Waals surface area contributed by atoms with Gasteiger partial charge in [0.05, 0.1) is 41.2 Å². The SMILES string of the molecule is C=S(C)(=O)CC(=O)N1CC2(C1)OCc1cc(C3=NO[C@](C)(c4cc(Cl)c(F)c(Cl)c4)C3)ccc12. The molecule has 1 fully saturated rings. The molecule has 0 bridgehead atoms. The number of halogens is 3. The molecule has 3 aliphatic rings. The monoisotopic (exact) mass is 524 g/mol. The van der Waals surface area contributed by atoms with Crippen molar-refractivity contribution < 1.29 is 23.0 Å². The minimum atomic E-state index is -2.38. The van der Waals surface area contributed by atoms with Crippen LogP contribution >= 0.6 is 23.2 Å². The van der Waals surface area contributed by atoms with Crippen LogP contribution in [0.1, 0.15) is 35.6 Å². The maximum absolute atomic E-state index is 13.8. The molecular weight excluding hydrogens is 502 g/mol. The fourth-order valence-corrected chi connectivity index (χ4v) is 5.89. The number of likely N-dealkylation sites (tertiary alicyclic amines) is 1. The number of oxime groups is 1. The van der Waals surface area contributed by atoms with Crippen LogP contribution < -0.4 is 0 Å². The summed E-state index contributed by atoms with van der Waals surface area (Å²) in [4.78, 5) is 19.8. The number of fused-ring (bicyclic) bond motifs is 2. The third-order valence-electron chi connectivity index (χ3n) is 6.56. The minimum Gasteiger partial charge on any atom is -0.384 e. The van der Waals surface area contributed by atoms with Gasteiger partial charge in [-0.2, -0.15) is 0 Å². The van der Waals surface area contributed by atoms with Crippen LogP contribution in [0.3, 0.4) is 0 Å². The van der Waals surface area contributed by atoms with E-state index in [1.807, 2.05) is 25.1 Å². The number of nitrogens with zero attached hydrogens (tertiary/aromatic N) is 2. The predicted octanol–water partition coefficient (Wildman–Crippen LogP) is 4.09. The van der Waals surface area contributed by atoms with Crippen molar-refractivity contribution in [2.24, 2.45) is 5.16 Å². The lowest BCUT2D eigenvalue weighted by molar-refractivity contribution is -0.166. The van der Waals surface area contributed by atoms with Crippen LogP contribution in [0.25, 0.3) is 0 Å². The van der Waals surface area contributed by atoms with Crippen molar-refractivity contribution in [2.45, 2.75) is 31.2 Å². The van der Waals surface area contributed by atoms with Crippen LogP contribution in [0, 0.1) is 5.82 Å². The Bertz CT molecular complexity index is 1330. The van der Waals surface area contributed by atoms with Gasteiger partial charge in [-0.1, -0.05) is 40.5 Å². The Kier molecular flexibility index (Phi) is 5.52. The van der Waals surface area contributed by atoms with E-state index in [2.05, 4.69) is 11.0 Å². The fourth-order valence-electron chi connectivity index (χ4n) is 4.70. The van der Waals surface area contributed by atoms with Gasteiger partial charge < -0.3 is 14.5 Å². The highest BCUT2D eigenvalue weighted by atomic mass is 35.5. The second kappa shape index (κ2) is 7.95. The summed E-state index contributed by atoms with van der Waals surface area (Å²) in [5, 5.41) is 4.16. The highest BCUT2D eigenvalue weighted by molar-refractivity contribution is 8.00. The van der Waals surface area contributed by atoms with Crippen LogP contribution in [0.2, 0.25) is 10.0 Å². The van der Waals surface area contributed by atoms with Crippen LogP contribution in [-0.4, -0.2) is 51.7 Å². The molecule has 0 aromatic heterocycles. The molecule has 34 heavy (non-hydrogen) atoms. The zero-order valence-corrected chi connectivity index (χ0v) is 21.0. The van der Waals surface area contributed by atoms with E-state index in [1.54, 1.807) is 4.90 Å². The van der Waals surface area contributed by atoms with Crippen molar-refractivity contribution in [1.82, 2.24) is 4.90 Å². The maximum Gasteiger partial charge on any atom is 0.234 e. The number of carbonyl (C=O) groups is 1.